The Bertz CT molecular complexity index is 669. The van der Waals surface area contributed by atoms with Crippen LogP contribution in [0.2, 0.25) is 0 Å². The second kappa shape index (κ2) is 3.98. The first-order valence-electron chi connectivity index (χ1n) is 5.62. The van der Waals surface area contributed by atoms with Crippen LogP contribution in [0.5, 0.6) is 0 Å². The van der Waals surface area contributed by atoms with E-state index in [9.17, 15) is 0 Å². The van der Waals surface area contributed by atoms with Crippen LogP contribution in [0.25, 0.3) is 22.0 Å². The van der Waals surface area contributed by atoms with E-state index in [1.807, 2.05) is 18.2 Å². The fourth-order valence-corrected chi connectivity index (χ4v) is 2.03. The van der Waals surface area contributed by atoms with Gasteiger partial charge in [-0.25, -0.2) is 0 Å². The van der Waals surface area contributed by atoms with Crippen molar-refractivity contribution in [3.05, 3.63) is 60.3 Å². The summed E-state index contributed by atoms with van der Waals surface area (Å²) in [5.41, 5.74) is 3.30. The quantitative estimate of drug-likeness (QED) is 0.626. The summed E-state index contributed by atoms with van der Waals surface area (Å²) >= 11 is 0. The molecule has 0 saturated carbocycles. The Morgan fingerprint density at radius 3 is 2.71 bits per heavy atom. The van der Waals surface area contributed by atoms with Crippen molar-refractivity contribution < 1.29 is 0 Å². The Balaban J connectivity index is 2.30. The number of aromatic nitrogens is 2. The molecule has 3 rings (SSSR count). The number of benzene rings is 2. The molecule has 2 heteroatoms. The first-order chi connectivity index (χ1) is 8.34. The summed E-state index contributed by atoms with van der Waals surface area (Å²) in [6.07, 6.45) is 1.80. The lowest BCUT2D eigenvalue weighted by Crippen LogP contribution is -1.89. The molecule has 1 heterocycles. The molecule has 82 valence electrons. The molecule has 0 aliphatic heterocycles. The van der Waals surface area contributed by atoms with Crippen LogP contribution in [0.15, 0.2) is 54.7 Å². The van der Waals surface area contributed by atoms with Crippen molar-refractivity contribution in [2.24, 2.45) is 0 Å². The van der Waals surface area contributed by atoms with Gasteiger partial charge in [0.15, 0.2) is 0 Å². The van der Waals surface area contributed by atoms with Gasteiger partial charge < -0.3 is 0 Å². The minimum absolute atomic E-state index is 0.951. The molecule has 0 N–H and O–H groups in total. The molecule has 3 aromatic rings. The highest BCUT2D eigenvalue weighted by Gasteiger charge is 2.05. The van der Waals surface area contributed by atoms with Gasteiger partial charge in [-0.15, -0.1) is 5.10 Å². The zero-order valence-corrected chi connectivity index (χ0v) is 9.59. The molecule has 0 unspecified atom stereocenters. The van der Waals surface area contributed by atoms with Gasteiger partial charge in [0.25, 0.3) is 0 Å². The molecular weight excluding hydrogens is 208 g/mol. The van der Waals surface area contributed by atoms with E-state index in [1.165, 1.54) is 5.56 Å². The van der Waals surface area contributed by atoms with Crippen LogP contribution in [0, 0.1) is 6.92 Å². The second-order valence-electron chi connectivity index (χ2n) is 4.15. The highest BCUT2D eigenvalue weighted by Crippen LogP contribution is 2.25. The topological polar surface area (TPSA) is 25.8 Å². The number of aryl methyl sites for hydroxylation is 1. The zero-order chi connectivity index (χ0) is 11.7. The van der Waals surface area contributed by atoms with Crippen LogP contribution in [0.4, 0.5) is 0 Å². The smallest absolute Gasteiger partial charge is 0.101 e. The summed E-state index contributed by atoms with van der Waals surface area (Å²) in [5.74, 6) is 0. The Kier molecular flexibility index (Phi) is 2.33. The van der Waals surface area contributed by atoms with Crippen LogP contribution in [-0.2, 0) is 0 Å². The van der Waals surface area contributed by atoms with Gasteiger partial charge in [-0.05, 0) is 13.0 Å². The van der Waals surface area contributed by atoms with E-state index in [0.29, 0.717) is 0 Å². The molecule has 0 atom stereocenters. The fourth-order valence-electron chi connectivity index (χ4n) is 2.03. The molecule has 0 spiro atoms. The van der Waals surface area contributed by atoms with Gasteiger partial charge in [-0.1, -0.05) is 48.0 Å². The summed E-state index contributed by atoms with van der Waals surface area (Å²) < 4.78 is 0. The highest BCUT2D eigenvalue weighted by atomic mass is 15.1. The molecule has 0 bridgehead atoms. The summed E-state index contributed by atoms with van der Waals surface area (Å²) in [6, 6.07) is 16.5. The number of nitrogens with zero attached hydrogens (tertiary/aromatic N) is 2. The first-order valence-corrected chi connectivity index (χ1v) is 5.62. The SMILES string of the molecule is Cc1cccc(-c2nncc3ccccc23)c1. The van der Waals surface area contributed by atoms with E-state index in [1.54, 1.807) is 6.20 Å². The fraction of sp³-hybridized carbons (Fsp3) is 0.0667. The summed E-state index contributed by atoms with van der Waals surface area (Å²) in [7, 11) is 0. The van der Waals surface area contributed by atoms with Crippen molar-refractivity contribution in [2.45, 2.75) is 6.92 Å². The number of fused-ring (bicyclic) bond motifs is 1. The average Bonchev–Trinajstić information content (AvgIpc) is 2.38. The normalized spacial score (nSPS) is 10.6. The van der Waals surface area contributed by atoms with E-state index in [4.69, 9.17) is 0 Å². The third-order valence-electron chi connectivity index (χ3n) is 2.86. The van der Waals surface area contributed by atoms with E-state index in [2.05, 4.69) is 47.5 Å². The van der Waals surface area contributed by atoms with Gasteiger partial charge in [0.2, 0.25) is 0 Å². The second-order valence-corrected chi connectivity index (χ2v) is 4.15. The lowest BCUT2D eigenvalue weighted by molar-refractivity contribution is 1.06. The van der Waals surface area contributed by atoms with Crippen LogP contribution in [-0.4, -0.2) is 10.2 Å². The predicted molar refractivity (Wildman–Crippen MR) is 69.7 cm³/mol. The van der Waals surface area contributed by atoms with Gasteiger partial charge in [-0.2, -0.15) is 5.10 Å². The monoisotopic (exact) mass is 220 g/mol. The summed E-state index contributed by atoms with van der Waals surface area (Å²) in [4.78, 5) is 0. The maximum Gasteiger partial charge on any atom is 0.101 e. The van der Waals surface area contributed by atoms with E-state index in [-0.39, 0.29) is 0 Å². The molecule has 0 amide bonds. The minimum atomic E-state index is 0.951. The largest absolute Gasteiger partial charge is 0.158 e. The lowest BCUT2D eigenvalue weighted by Gasteiger charge is -2.05. The predicted octanol–water partition coefficient (Wildman–Crippen LogP) is 3.61. The zero-order valence-electron chi connectivity index (χ0n) is 9.59. The van der Waals surface area contributed by atoms with Gasteiger partial charge in [0.05, 0.1) is 6.20 Å². The third-order valence-corrected chi connectivity index (χ3v) is 2.86. The summed E-state index contributed by atoms with van der Waals surface area (Å²) in [6.45, 7) is 2.09. The van der Waals surface area contributed by atoms with Gasteiger partial charge in [0.1, 0.15) is 5.69 Å². The highest BCUT2D eigenvalue weighted by molar-refractivity contribution is 5.93. The molecule has 0 fully saturated rings. The van der Waals surface area contributed by atoms with Crippen LogP contribution in [0.1, 0.15) is 5.56 Å². The standard InChI is InChI=1S/C15H12N2/c1-11-5-4-7-12(9-11)15-14-8-3-2-6-13(14)10-16-17-15/h2-10H,1H3. The number of hydrogen-bond donors (Lipinski definition) is 0. The molecule has 0 radical (unpaired) electrons. The van der Waals surface area contributed by atoms with Crippen molar-refractivity contribution in [1.82, 2.24) is 10.2 Å². The first kappa shape index (κ1) is 9.97. The van der Waals surface area contributed by atoms with E-state index in [0.717, 1.165) is 22.0 Å². The minimum Gasteiger partial charge on any atom is -0.158 e. The molecule has 1 aromatic heterocycles. The number of rotatable bonds is 1. The van der Waals surface area contributed by atoms with Crippen molar-refractivity contribution in [2.75, 3.05) is 0 Å². The average molecular weight is 220 g/mol. The Morgan fingerprint density at radius 2 is 1.82 bits per heavy atom. The Labute approximate surface area is 99.9 Å². The molecule has 2 aromatic carbocycles. The molecular formula is C15H12N2. The van der Waals surface area contributed by atoms with Gasteiger partial charge in [-0.3, -0.25) is 0 Å². The number of hydrogen-bond acceptors (Lipinski definition) is 2. The van der Waals surface area contributed by atoms with E-state index >= 15 is 0 Å². The van der Waals surface area contributed by atoms with Crippen LogP contribution >= 0.6 is 0 Å². The Hall–Kier alpha value is -2.22. The van der Waals surface area contributed by atoms with Crippen LogP contribution in [0.3, 0.4) is 0 Å². The molecule has 0 saturated heterocycles. The molecule has 2 nitrogen and oxygen atoms in total. The van der Waals surface area contributed by atoms with E-state index < -0.39 is 0 Å². The van der Waals surface area contributed by atoms with Gasteiger partial charge in [0, 0.05) is 16.3 Å². The molecule has 17 heavy (non-hydrogen) atoms. The molecule has 0 aliphatic rings. The van der Waals surface area contributed by atoms with Crippen molar-refractivity contribution in [3.63, 3.8) is 0 Å². The maximum absolute atomic E-state index is 4.27. The summed E-state index contributed by atoms with van der Waals surface area (Å²) in [5, 5.41) is 10.6. The Morgan fingerprint density at radius 1 is 0.941 bits per heavy atom. The third kappa shape index (κ3) is 1.78. The van der Waals surface area contributed by atoms with Crippen molar-refractivity contribution >= 4 is 10.8 Å². The van der Waals surface area contributed by atoms with Crippen LogP contribution < -0.4 is 0 Å². The maximum atomic E-state index is 4.27. The lowest BCUT2D eigenvalue weighted by atomic mass is 10.0. The van der Waals surface area contributed by atoms with Crippen molar-refractivity contribution in [1.29, 1.82) is 0 Å². The van der Waals surface area contributed by atoms with Gasteiger partial charge >= 0.3 is 0 Å². The van der Waals surface area contributed by atoms with Crippen molar-refractivity contribution in [3.8, 4) is 11.3 Å². The molecule has 0 aliphatic carbocycles.